The summed E-state index contributed by atoms with van der Waals surface area (Å²) in [5.41, 5.74) is 4.73. The van der Waals surface area contributed by atoms with Gasteiger partial charge in [0.15, 0.2) is 0 Å². The molecule has 3 N–H and O–H groups in total. The Bertz CT molecular complexity index is 1030. The number of para-hydroxylation sites is 1. The minimum absolute atomic E-state index is 0.0419. The molecule has 9 heteroatoms. The van der Waals surface area contributed by atoms with E-state index in [-0.39, 0.29) is 25.9 Å². The molecule has 0 radical (unpaired) electrons. The highest BCUT2D eigenvalue weighted by atomic mass is 35.5. The van der Waals surface area contributed by atoms with E-state index in [1.807, 2.05) is 0 Å². The second-order valence-corrected chi connectivity index (χ2v) is 6.75. The maximum atomic E-state index is 12.8. The molecule has 0 spiro atoms. The molecule has 0 aliphatic carbocycles. The van der Waals surface area contributed by atoms with E-state index in [2.05, 4.69) is 5.32 Å². The molecule has 4 nitrogen and oxygen atoms in total. The Morgan fingerprint density at radius 1 is 1.12 bits per heavy atom. The third kappa shape index (κ3) is 3.38. The number of amides is 2. The molecular weight excluding hydrogens is 389 g/mol. The van der Waals surface area contributed by atoms with Crippen LogP contribution in [0.2, 0.25) is 5.02 Å². The zero-order chi connectivity index (χ0) is 19.1. The third-order valence-electron chi connectivity index (χ3n) is 3.60. The van der Waals surface area contributed by atoms with E-state index in [0.29, 0.717) is 5.39 Å². The van der Waals surface area contributed by atoms with Crippen LogP contribution in [0.15, 0.2) is 42.5 Å². The van der Waals surface area contributed by atoms with Gasteiger partial charge in [0, 0.05) is 10.1 Å². The first-order chi connectivity index (χ1) is 12.2. The molecule has 2 aromatic carbocycles. The minimum Gasteiger partial charge on any atom is -0.366 e. The van der Waals surface area contributed by atoms with Gasteiger partial charge in [-0.3, -0.25) is 9.59 Å². The van der Waals surface area contributed by atoms with Crippen LogP contribution in [0.3, 0.4) is 0 Å². The van der Waals surface area contributed by atoms with Crippen molar-refractivity contribution in [2.45, 2.75) is 6.18 Å². The van der Waals surface area contributed by atoms with Crippen molar-refractivity contribution in [1.82, 2.24) is 0 Å². The first-order valence-electron chi connectivity index (χ1n) is 7.18. The number of hydrogen-bond donors (Lipinski definition) is 2. The Morgan fingerprint density at radius 3 is 2.46 bits per heavy atom. The molecule has 0 fully saturated rings. The van der Waals surface area contributed by atoms with Gasteiger partial charge in [-0.2, -0.15) is 13.2 Å². The second-order valence-electron chi connectivity index (χ2n) is 5.32. The van der Waals surface area contributed by atoms with Crippen LogP contribution in [0, 0.1) is 0 Å². The van der Waals surface area contributed by atoms with Gasteiger partial charge in [0.2, 0.25) is 0 Å². The number of carbonyl (C=O) groups excluding carboxylic acids is 2. The summed E-state index contributed by atoms with van der Waals surface area (Å²) in [5.74, 6) is -1.36. The number of primary amides is 1. The molecule has 0 aliphatic heterocycles. The van der Waals surface area contributed by atoms with Crippen LogP contribution in [0.25, 0.3) is 10.1 Å². The van der Waals surface area contributed by atoms with Gasteiger partial charge >= 0.3 is 6.18 Å². The lowest BCUT2D eigenvalue weighted by Crippen LogP contribution is -2.17. The predicted molar refractivity (Wildman–Crippen MR) is 94.8 cm³/mol. The molecule has 3 aromatic rings. The fourth-order valence-corrected chi connectivity index (χ4v) is 3.83. The van der Waals surface area contributed by atoms with Crippen LogP contribution < -0.4 is 11.1 Å². The van der Waals surface area contributed by atoms with Crippen LogP contribution in [0.5, 0.6) is 0 Å². The van der Waals surface area contributed by atoms with Crippen LogP contribution >= 0.6 is 22.9 Å². The van der Waals surface area contributed by atoms with Crippen LogP contribution in [-0.2, 0) is 6.18 Å². The van der Waals surface area contributed by atoms with Crippen LogP contribution in [-0.4, -0.2) is 11.8 Å². The number of fused-ring (bicyclic) bond motifs is 1. The zero-order valence-corrected chi connectivity index (χ0v) is 14.4. The highest BCUT2D eigenvalue weighted by molar-refractivity contribution is 7.21. The number of hydrogen-bond acceptors (Lipinski definition) is 3. The number of carbonyl (C=O) groups is 2. The van der Waals surface area contributed by atoms with Crippen molar-refractivity contribution in [2.75, 3.05) is 5.32 Å². The van der Waals surface area contributed by atoms with Crippen molar-refractivity contribution in [2.24, 2.45) is 5.73 Å². The molecule has 2 amide bonds. The van der Waals surface area contributed by atoms with Gasteiger partial charge in [-0.05, 0) is 24.3 Å². The number of nitrogens with two attached hydrogens (primary N) is 1. The van der Waals surface area contributed by atoms with E-state index in [1.165, 1.54) is 18.2 Å². The van der Waals surface area contributed by atoms with Crippen molar-refractivity contribution in [3.63, 3.8) is 0 Å². The monoisotopic (exact) mass is 398 g/mol. The van der Waals surface area contributed by atoms with E-state index < -0.39 is 23.6 Å². The summed E-state index contributed by atoms with van der Waals surface area (Å²) in [6, 6.07) is 9.20. The molecule has 1 aromatic heterocycles. The number of anilines is 1. The Balaban J connectivity index is 1.99. The van der Waals surface area contributed by atoms with Crippen molar-refractivity contribution in [3.05, 3.63) is 63.5 Å². The van der Waals surface area contributed by atoms with Crippen LogP contribution in [0.1, 0.15) is 25.6 Å². The van der Waals surface area contributed by atoms with Gasteiger partial charge in [-0.15, -0.1) is 11.3 Å². The topological polar surface area (TPSA) is 72.2 Å². The fourth-order valence-electron chi connectivity index (χ4n) is 2.37. The molecule has 0 unspecified atom stereocenters. The highest BCUT2D eigenvalue weighted by Gasteiger charge is 2.31. The van der Waals surface area contributed by atoms with Crippen molar-refractivity contribution < 1.29 is 22.8 Å². The molecule has 1 heterocycles. The number of rotatable bonds is 3. The fraction of sp³-hybridized carbons (Fsp3) is 0.0588. The van der Waals surface area contributed by atoms with Gasteiger partial charge < -0.3 is 11.1 Å². The normalized spacial score (nSPS) is 11.5. The number of nitrogens with one attached hydrogen (secondary N) is 1. The Morgan fingerprint density at radius 2 is 1.81 bits per heavy atom. The zero-order valence-electron chi connectivity index (χ0n) is 12.9. The van der Waals surface area contributed by atoms with Gasteiger partial charge in [0.1, 0.15) is 4.88 Å². The predicted octanol–water partition coefficient (Wildman–Crippen LogP) is 4.92. The molecule has 0 bridgehead atoms. The van der Waals surface area contributed by atoms with E-state index in [0.717, 1.165) is 23.5 Å². The smallest absolute Gasteiger partial charge is 0.366 e. The summed E-state index contributed by atoms with van der Waals surface area (Å²) >= 11 is 7.00. The summed E-state index contributed by atoms with van der Waals surface area (Å²) < 4.78 is 38.7. The Hall–Kier alpha value is -2.58. The number of alkyl halides is 3. The molecule has 0 saturated carbocycles. The van der Waals surface area contributed by atoms with Gasteiger partial charge in [-0.1, -0.05) is 29.8 Å². The minimum atomic E-state index is -4.49. The van der Waals surface area contributed by atoms with Gasteiger partial charge in [-0.25, -0.2) is 0 Å². The molecule has 26 heavy (non-hydrogen) atoms. The molecule has 0 aliphatic rings. The molecule has 134 valence electrons. The molecule has 3 rings (SSSR count). The quantitative estimate of drug-likeness (QED) is 0.657. The van der Waals surface area contributed by atoms with Crippen molar-refractivity contribution >= 4 is 50.5 Å². The maximum absolute atomic E-state index is 12.8. The SMILES string of the molecule is NC(=O)c1ccccc1NC(=O)c1sc2cc(C(F)(F)F)ccc2c1Cl. The maximum Gasteiger partial charge on any atom is 0.416 e. The van der Waals surface area contributed by atoms with Crippen LogP contribution in [0.4, 0.5) is 18.9 Å². The first-order valence-corrected chi connectivity index (χ1v) is 8.37. The lowest BCUT2D eigenvalue weighted by atomic mass is 10.1. The molecular formula is C17H10ClF3N2O2S. The van der Waals surface area contributed by atoms with E-state index in [9.17, 15) is 22.8 Å². The summed E-state index contributed by atoms with van der Waals surface area (Å²) in [6.07, 6.45) is -4.49. The number of halogens is 4. The molecule has 0 atom stereocenters. The van der Waals surface area contributed by atoms with Crippen molar-refractivity contribution in [3.8, 4) is 0 Å². The lowest BCUT2D eigenvalue weighted by molar-refractivity contribution is -0.137. The van der Waals surface area contributed by atoms with E-state index in [4.69, 9.17) is 17.3 Å². The summed E-state index contributed by atoms with van der Waals surface area (Å²) in [7, 11) is 0. The molecule has 0 saturated heterocycles. The number of thiophene rings is 1. The largest absolute Gasteiger partial charge is 0.416 e. The average Bonchev–Trinajstić information content (AvgIpc) is 2.91. The van der Waals surface area contributed by atoms with Gasteiger partial charge in [0.05, 0.1) is 21.8 Å². The van der Waals surface area contributed by atoms with Crippen molar-refractivity contribution in [1.29, 1.82) is 0 Å². The summed E-state index contributed by atoms with van der Waals surface area (Å²) in [6.45, 7) is 0. The highest BCUT2D eigenvalue weighted by Crippen LogP contribution is 2.39. The van der Waals surface area contributed by atoms with Gasteiger partial charge in [0.25, 0.3) is 11.8 Å². The summed E-state index contributed by atoms with van der Waals surface area (Å²) in [4.78, 5) is 24.0. The first kappa shape index (κ1) is 18.2. The Kier molecular flexibility index (Phi) is 4.64. The Labute approximate surface area is 154 Å². The van der Waals surface area contributed by atoms with E-state index in [1.54, 1.807) is 12.1 Å². The lowest BCUT2D eigenvalue weighted by Gasteiger charge is -2.07. The standard InChI is InChI=1S/C17H10ClF3N2O2S/c18-13-10-6-5-8(17(19,20)21)7-12(10)26-14(13)16(25)23-11-4-2-1-3-9(11)15(22)24/h1-7H,(H2,22,24)(H,23,25). The number of benzene rings is 2. The van der Waals surface area contributed by atoms with E-state index >= 15 is 0 Å². The average molecular weight is 399 g/mol. The summed E-state index contributed by atoms with van der Waals surface area (Å²) in [5, 5.41) is 2.91. The second kappa shape index (κ2) is 6.62. The third-order valence-corrected chi connectivity index (χ3v) is 5.26.